The molecular formula is C13H13FN2O4. The predicted molar refractivity (Wildman–Crippen MR) is 66.0 cm³/mol. The number of hydrogen-bond acceptors (Lipinski definition) is 5. The largest absolute Gasteiger partial charge is 0.483 e. The smallest absolute Gasteiger partial charge is 0.342 e. The van der Waals surface area contributed by atoms with E-state index in [-0.39, 0.29) is 18.2 Å². The molecule has 0 unspecified atom stereocenters. The van der Waals surface area contributed by atoms with Crippen molar-refractivity contribution in [2.24, 2.45) is 0 Å². The number of carboxylic acids is 1. The lowest BCUT2D eigenvalue weighted by molar-refractivity contribution is 0.0685. The van der Waals surface area contributed by atoms with Crippen molar-refractivity contribution < 1.29 is 23.6 Å². The van der Waals surface area contributed by atoms with E-state index < -0.39 is 17.3 Å². The Morgan fingerprint density at radius 2 is 2.30 bits per heavy atom. The zero-order valence-electron chi connectivity index (χ0n) is 10.8. The first-order valence-corrected chi connectivity index (χ1v) is 6.08. The highest BCUT2D eigenvalue weighted by Gasteiger charge is 2.17. The first-order valence-electron chi connectivity index (χ1n) is 6.08. The summed E-state index contributed by atoms with van der Waals surface area (Å²) >= 11 is 0. The number of hydrogen-bond donors (Lipinski definition) is 1. The third kappa shape index (κ3) is 3.11. The second-order valence-corrected chi connectivity index (χ2v) is 4.06. The number of benzene rings is 1. The van der Waals surface area contributed by atoms with Gasteiger partial charge in [-0.1, -0.05) is 18.1 Å². The third-order valence-electron chi connectivity index (χ3n) is 2.52. The Morgan fingerprint density at radius 1 is 1.50 bits per heavy atom. The number of aromatic nitrogens is 2. The fraction of sp³-hybridized carbons (Fsp3) is 0.308. The summed E-state index contributed by atoms with van der Waals surface area (Å²) in [6.07, 6.45) is 1.57. The van der Waals surface area contributed by atoms with Crippen LogP contribution in [0.1, 0.15) is 35.4 Å². The minimum atomic E-state index is -1.39. The number of aryl methyl sites for hydroxylation is 1. The Hall–Kier alpha value is -2.44. The fourth-order valence-electron chi connectivity index (χ4n) is 1.65. The Morgan fingerprint density at radius 3 is 3.00 bits per heavy atom. The molecule has 0 saturated heterocycles. The number of rotatable bonds is 6. The van der Waals surface area contributed by atoms with Crippen molar-refractivity contribution in [1.29, 1.82) is 0 Å². The van der Waals surface area contributed by atoms with Gasteiger partial charge >= 0.3 is 5.97 Å². The molecule has 0 aliphatic carbocycles. The van der Waals surface area contributed by atoms with Gasteiger partial charge in [0, 0.05) is 6.42 Å². The molecule has 0 spiro atoms. The van der Waals surface area contributed by atoms with Crippen LogP contribution in [0.15, 0.2) is 22.7 Å². The molecular weight excluding hydrogens is 267 g/mol. The molecule has 0 aliphatic rings. The highest BCUT2D eigenvalue weighted by atomic mass is 19.1. The lowest BCUT2D eigenvalue weighted by atomic mass is 10.2. The van der Waals surface area contributed by atoms with Crippen molar-refractivity contribution in [3.63, 3.8) is 0 Å². The van der Waals surface area contributed by atoms with Gasteiger partial charge in [-0.3, -0.25) is 0 Å². The molecule has 0 atom stereocenters. The van der Waals surface area contributed by atoms with Crippen molar-refractivity contribution in [2.45, 2.75) is 26.4 Å². The lowest BCUT2D eigenvalue weighted by Gasteiger charge is -2.07. The van der Waals surface area contributed by atoms with Gasteiger partial charge in [0.25, 0.3) is 5.89 Å². The van der Waals surface area contributed by atoms with E-state index in [0.29, 0.717) is 12.2 Å². The number of carbonyl (C=O) groups is 1. The lowest BCUT2D eigenvalue weighted by Crippen LogP contribution is -2.06. The van der Waals surface area contributed by atoms with Crippen LogP contribution >= 0.6 is 0 Å². The van der Waals surface area contributed by atoms with Gasteiger partial charge in [-0.15, -0.1) is 0 Å². The molecule has 7 heteroatoms. The van der Waals surface area contributed by atoms with E-state index in [1.165, 1.54) is 12.1 Å². The maximum Gasteiger partial charge on any atom is 0.342 e. The van der Waals surface area contributed by atoms with Crippen LogP contribution in [0.3, 0.4) is 0 Å². The summed E-state index contributed by atoms with van der Waals surface area (Å²) in [5, 5.41) is 12.7. The SMILES string of the molecule is CCCc1noc(COc2cccc(F)c2C(=O)O)n1. The molecule has 20 heavy (non-hydrogen) atoms. The average Bonchev–Trinajstić information content (AvgIpc) is 2.84. The standard InChI is InChI=1S/C13H13FN2O4/c1-2-4-10-15-11(20-16-10)7-19-9-6-3-5-8(14)12(9)13(17)18/h3,5-6H,2,4,7H2,1H3,(H,17,18). The van der Waals surface area contributed by atoms with E-state index in [1.54, 1.807) is 0 Å². The highest BCUT2D eigenvalue weighted by molar-refractivity contribution is 5.91. The monoisotopic (exact) mass is 280 g/mol. The Balaban J connectivity index is 2.10. The molecule has 1 aromatic carbocycles. The van der Waals surface area contributed by atoms with E-state index in [4.69, 9.17) is 14.4 Å². The molecule has 0 fully saturated rings. The zero-order valence-corrected chi connectivity index (χ0v) is 10.8. The summed E-state index contributed by atoms with van der Waals surface area (Å²) in [6.45, 7) is 1.87. The average molecular weight is 280 g/mol. The van der Waals surface area contributed by atoms with Crippen LogP contribution in [0.5, 0.6) is 5.75 Å². The molecule has 0 amide bonds. The predicted octanol–water partition coefficient (Wildman–Crippen LogP) is 2.44. The maximum atomic E-state index is 13.4. The van der Waals surface area contributed by atoms with E-state index in [9.17, 15) is 9.18 Å². The van der Waals surface area contributed by atoms with Gasteiger partial charge in [0.15, 0.2) is 12.4 Å². The van der Waals surface area contributed by atoms with Gasteiger partial charge < -0.3 is 14.4 Å². The summed E-state index contributed by atoms with van der Waals surface area (Å²) in [7, 11) is 0. The quantitative estimate of drug-likeness (QED) is 0.874. The van der Waals surface area contributed by atoms with Crippen molar-refractivity contribution in [2.75, 3.05) is 0 Å². The second kappa shape index (κ2) is 6.14. The highest BCUT2D eigenvalue weighted by Crippen LogP contribution is 2.22. The molecule has 0 saturated carbocycles. The molecule has 2 rings (SSSR count). The van der Waals surface area contributed by atoms with Gasteiger partial charge in [-0.25, -0.2) is 9.18 Å². The Bertz CT molecular complexity index is 612. The molecule has 1 N–H and O–H groups in total. The van der Waals surface area contributed by atoms with Crippen LogP contribution in [-0.4, -0.2) is 21.2 Å². The van der Waals surface area contributed by atoms with Crippen LogP contribution < -0.4 is 4.74 Å². The van der Waals surface area contributed by atoms with E-state index in [2.05, 4.69) is 10.1 Å². The van der Waals surface area contributed by atoms with E-state index in [0.717, 1.165) is 12.5 Å². The number of halogens is 1. The number of ether oxygens (including phenoxy) is 1. The topological polar surface area (TPSA) is 85.5 Å². The summed E-state index contributed by atoms with van der Waals surface area (Å²) in [5.41, 5.74) is -0.513. The van der Waals surface area contributed by atoms with Crippen LogP contribution in [0, 0.1) is 5.82 Å². The van der Waals surface area contributed by atoms with Gasteiger partial charge in [0.2, 0.25) is 0 Å². The fourth-order valence-corrected chi connectivity index (χ4v) is 1.65. The minimum Gasteiger partial charge on any atom is -0.483 e. The minimum absolute atomic E-state index is 0.0762. The molecule has 1 aromatic heterocycles. The Kier molecular flexibility index (Phi) is 4.29. The normalized spacial score (nSPS) is 10.5. The van der Waals surface area contributed by atoms with Gasteiger partial charge in [0.05, 0.1) is 0 Å². The molecule has 1 heterocycles. The molecule has 0 radical (unpaired) electrons. The first kappa shape index (κ1) is 14.0. The summed E-state index contributed by atoms with van der Waals surface area (Å²) in [5.74, 6) is -1.55. The van der Waals surface area contributed by atoms with E-state index in [1.807, 2.05) is 6.92 Å². The molecule has 106 valence electrons. The first-order chi connectivity index (χ1) is 9.61. The summed E-state index contributed by atoms with van der Waals surface area (Å²) in [6, 6.07) is 3.80. The van der Waals surface area contributed by atoms with Crippen molar-refractivity contribution in [3.05, 3.63) is 41.3 Å². The second-order valence-electron chi connectivity index (χ2n) is 4.06. The molecule has 0 bridgehead atoms. The number of nitrogens with zero attached hydrogens (tertiary/aromatic N) is 2. The van der Waals surface area contributed by atoms with Gasteiger partial charge in [0.1, 0.15) is 17.1 Å². The van der Waals surface area contributed by atoms with Crippen molar-refractivity contribution in [1.82, 2.24) is 10.1 Å². The van der Waals surface area contributed by atoms with Crippen LogP contribution in [0.2, 0.25) is 0 Å². The summed E-state index contributed by atoms with van der Waals surface area (Å²) < 4.78 is 23.6. The molecule has 2 aromatic rings. The van der Waals surface area contributed by atoms with Crippen LogP contribution in [0.4, 0.5) is 4.39 Å². The third-order valence-corrected chi connectivity index (χ3v) is 2.52. The van der Waals surface area contributed by atoms with Crippen LogP contribution in [-0.2, 0) is 13.0 Å². The number of carboxylic acid groups (broad SMARTS) is 1. The summed E-state index contributed by atoms with van der Waals surface area (Å²) in [4.78, 5) is 15.0. The van der Waals surface area contributed by atoms with Gasteiger partial charge in [-0.05, 0) is 18.6 Å². The zero-order chi connectivity index (χ0) is 14.5. The van der Waals surface area contributed by atoms with Crippen molar-refractivity contribution in [3.8, 4) is 5.75 Å². The van der Waals surface area contributed by atoms with Gasteiger partial charge in [-0.2, -0.15) is 4.98 Å². The molecule has 6 nitrogen and oxygen atoms in total. The maximum absolute atomic E-state index is 13.4. The Labute approximate surface area is 114 Å². The molecule has 0 aliphatic heterocycles. The van der Waals surface area contributed by atoms with Crippen molar-refractivity contribution >= 4 is 5.97 Å². The van der Waals surface area contributed by atoms with Crippen LogP contribution in [0.25, 0.3) is 0 Å². The van der Waals surface area contributed by atoms with E-state index >= 15 is 0 Å². The number of aromatic carboxylic acids is 1.